The number of rotatable bonds is 4. The van der Waals surface area contributed by atoms with Gasteiger partial charge in [-0.1, -0.05) is 6.07 Å². The number of benzene rings is 2. The van der Waals surface area contributed by atoms with Crippen LogP contribution in [0.2, 0.25) is 0 Å². The lowest BCUT2D eigenvalue weighted by Gasteiger charge is -2.34. The summed E-state index contributed by atoms with van der Waals surface area (Å²) in [6.07, 6.45) is -3.11. The van der Waals surface area contributed by atoms with Crippen LogP contribution in [-0.2, 0) is 15.8 Å². The summed E-state index contributed by atoms with van der Waals surface area (Å²) in [5, 5.41) is 9.51. The Labute approximate surface area is 215 Å². The summed E-state index contributed by atoms with van der Waals surface area (Å²) in [5.74, 6) is -0.678. The van der Waals surface area contributed by atoms with E-state index in [0.717, 1.165) is 12.1 Å². The first kappa shape index (κ1) is 26.1. The van der Waals surface area contributed by atoms with Gasteiger partial charge in [0.05, 0.1) is 29.2 Å². The molecular weight excluding hydrogens is 509 g/mol. The summed E-state index contributed by atoms with van der Waals surface area (Å²) in [7, 11) is 1.35. The molecule has 2 amide bonds. The van der Waals surface area contributed by atoms with E-state index in [4.69, 9.17) is 14.7 Å². The van der Waals surface area contributed by atoms with E-state index in [1.807, 2.05) is 4.90 Å². The number of thioether (sulfide) groups is 1. The molecule has 8 nitrogen and oxygen atoms in total. The molecule has 2 aliphatic rings. The molecule has 2 aliphatic heterocycles. The van der Waals surface area contributed by atoms with Crippen LogP contribution in [0.3, 0.4) is 0 Å². The van der Waals surface area contributed by atoms with Crippen molar-refractivity contribution < 1.29 is 32.2 Å². The van der Waals surface area contributed by atoms with Crippen molar-refractivity contribution in [1.29, 1.82) is 5.26 Å². The zero-order valence-corrected chi connectivity index (χ0v) is 20.7. The van der Waals surface area contributed by atoms with Gasteiger partial charge in [-0.15, -0.1) is 0 Å². The zero-order valence-electron chi connectivity index (χ0n) is 19.8. The number of alkyl halides is 3. The van der Waals surface area contributed by atoms with Crippen LogP contribution in [0.1, 0.15) is 23.6 Å². The number of aliphatic imine (C=N–C) groups is 1. The monoisotopic (exact) mass is 530 g/mol. The van der Waals surface area contributed by atoms with Gasteiger partial charge in [-0.05, 0) is 53.7 Å². The van der Waals surface area contributed by atoms with Gasteiger partial charge in [-0.2, -0.15) is 23.4 Å². The zero-order chi connectivity index (χ0) is 26.7. The highest BCUT2D eigenvalue weighted by Crippen LogP contribution is 2.41. The molecule has 2 heterocycles. The fraction of sp³-hybridized carbons (Fsp3) is 0.280. The molecule has 12 heteroatoms. The molecule has 0 unspecified atom stereocenters. The third kappa shape index (κ3) is 5.89. The van der Waals surface area contributed by atoms with Crippen molar-refractivity contribution in [3.8, 4) is 23.3 Å². The number of hydrogen-bond acceptors (Lipinski definition) is 7. The number of nitriles is 1. The maximum Gasteiger partial charge on any atom is 0.420 e. The van der Waals surface area contributed by atoms with Crippen molar-refractivity contribution >= 4 is 34.8 Å². The minimum Gasteiger partial charge on any atom is -0.493 e. The number of carbonyl (C=O) groups is 2. The quantitative estimate of drug-likeness (QED) is 0.537. The van der Waals surface area contributed by atoms with Gasteiger partial charge >= 0.3 is 6.18 Å². The average Bonchev–Trinajstić information content (AvgIpc) is 3.24. The van der Waals surface area contributed by atoms with Crippen molar-refractivity contribution in [2.75, 3.05) is 33.3 Å². The molecule has 0 radical (unpaired) electrons. The summed E-state index contributed by atoms with van der Waals surface area (Å²) in [6, 6.07) is 9.29. The average molecular weight is 531 g/mol. The van der Waals surface area contributed by atoms with Crippen LogP contribution in [0.25, 0.3) is 6.08 Å². The highest BCUT2D eigenvalue weighted by molar-refractivity contribution is 8.18. The lowest BCUT2D eigenvalue weighted by atomic mass is 10.1. The molecule has 2 aromatic carbocycles. The van der Waals surface area contributed by atoms with E-state index in [1.54, 1.807) is 23.1 Å². The molecule has 4 rings (SSSR count). The van der Waals surface area contributed by atoms with Gasteiger partial charge in [0.1, 0.15) is 5.75 Å². The van der Waals surface area contributed by atoms with E-state index in [2.05, 4.69) is 4.99 Å². The van der Waals surface area contributed by atoms with Crippen LogP contribution in [0.15, 0.2) is 46.3 Å². The standard InChI is InChI=1S/C25H21F3N4O4S/c1-15(33)31-7-9-32(10-8-31)24-30-23(34)22(37-24)13-16-3-6-20(21(12-16)35-2)36-19-5-4-17(14-29)11-18(19)25(26,27)28/h3-6,11-13H,7-10H2,1-2H3/b22-13-. The van der Waals surface area contributed by atoms with Gasteiger partial charge in [0.25, 0.3) is 5.91 Å². The third-order valence-corrected chi connectivity index (χ3v) is 6.77. The Hall–Kier alpha value is -3.98. The number of amidine groups is 1. The molecular formula is C25H21F3N4O4S. The van der Waals surface area contributed by atoms with Gasteiger partial charge < -0.3 is 19.3 Å². The summed E-state index contributed by atoms with van der Waals surface area (Å²) in [6.45, 7) is 3.76. The number of methoxy groups -OCH3 is 1. The molecule has 1 fully saturated rings. The maximum absolute atomic E-state index is 13.5. The Bertz CT molecular complexity index is 1340. The predicted molar refractivity (Wildman–Crippen MR) is 131 cm³/mol. The van der Waals surface area contributed by atoms with Gasteiger partial charge in [-0.3, -0.25) is 9.59 Å². The third-order valence-electron chi connectivity index (χ3n) is 5.72. The first-order valence-electron chi connectivity index (χ1n) is 11.1. The largest absolute Gasteiger partial charge is 0.493 e. The lowest BCUT2D eigenvalue weighted by molar-refractivity contribution is -0.138. The Balaban J connectivity index is 1.51. The molecule has 0 spiro atoms. The maximum atomic E-state index is 13.5. The van der Waals surface area contributed by atoms with Crippen LogP contribution >= 0.6 is 11.8 Å². The highest BCUT2D eigenvalue weighted by atomic mass is 32.2. The van der Waals surface area contributed by atoms with Crippen LogP contribution in [0.4, 0.5) is 13.2 Å². The van der Waals surface area contributed by atoms with Gasteiger partial charge in [-0.25, -0.2) is 0 Å². The number of carbonyl (C=O) groups excluding carboxylic acids is 2. The Kier molecular flexibility index (Phi) is 7.45. The van der Waals surface area contributed by atoms with E-state index >= 15 is 0 Å². The fourth-order valence-corrected chi connectivity index (χ4v) is 4.75. The normalized spacial score (nSPS) is 17.0. The highest BCUT2D eigenvalue weighted by Gasteiger charge is 2.35. The molecule has 0 aliphatic carbocycles. The van der Waals surface area contributed by atoms with Crippen molar-refractivity contribution in [1.82, 2.24) is 9.80 Å². The van der Waals surface area contributed by atoms with E-state index in [0.29, 0.717) is 41.8 Å². The van der Waals surface area contributed by atoms with Crippen LogP contribution in [0, 0.1) is 11.3 Å². The Morgan fingerprint density at radius 1 is 1.11 bits per heavy atom. The van der Waals surface area contributed by atoms with Crippen molar-refractivity contribution in [3.63, 3.8) is 0 Å². The van der Waals surface area contributed by atoms with Gasteiger partial charge in [0.2, 0.25) is 5.91 Å². The SMILES string of the molecule is COc1cc(/C=C2\SC(N3CCN(C(C)=O)CC3)=NC2=O)ccc1Oc1ccc(C#N)cc1C(F)(F)F. The Morgan fingerprint density at radius 3 is 2.43 bits per heavy atom. The molecule has 192 valence electrons. The number of halogens is 3. The summed E-state index contributed by atoms with van der Waals surface area (Å²) >= 11 is 1.22. The Morgan fingerprint density at radius 2 is 1.81 bits per heavy atom. The molecule has 1 saturated heterocycles. The molecule has 0 aromatic heterocycles. The van der Waals surface area contributed by atoms with Crippen molar-refractivity contribution in [3.05, 3.63) is 58.0 Å². The summed E-state index contributed by atoms with van der Waals surface area (Å²) in [4.78, 5) is 32.2. The smallest absolute Gasteiger partial charge is 0.420 e. The van der Waals surface area contributed by atoms with E-state index in [9.17, 15) is 22.8 Å². The van der Waals surface area contributed by atoms with Crippen LogP contribution < -0.4 is 9.47 Å². The first-order chi connectivity index (χ1) is 17.6. The second-order valence-corrected chi connectivity index (χ2v) is 9.15. The van der Waals surface area contributed by atoms with Gasteiger partial charge in [0, 0.05) is 33.1 Å². The lowest BCUT2D eigenvalue weighted by Crippen LogP contribution is -2.49. The molecule has 37 heavy (non-hydrogen) atoms. The molecule has 0 N–H and O–H groups in total. The van der Waals surface area contributed by atoms with E-state index in [1.165, 1.54) is 44.0 Å². The molecule has 0 saturated carbocycles. The van der Waals surface area contributed by atoms with E-state index < -0.39 is 23.4 Å². The number of piperazine rings is 1. The summed E-state index contributed by atoms with van der Waals surface area (Å²) < 4.78 is 51.4. The molecule has 2 aromatic rings. The van der Waals surface area contributed by atoms with Gasteiger partial charge in [0.15, 0.2) is 16.7 Å². The topological polar surface area (TPSA) is 95.2 Å². The minimum atomic E-state index is -4.73. The first-order valence-corrected chi connectivity index (χ1v) is 11.9. The van der Waals surface area contributed by atoms with Crippen molar-refractivity contribution in [2.24, 2.45) is 4.99 Å². The molecule has 0 atom stereocenters. The van der Waals surface area contributed by atoms with Crippen molar-refractivity contribution in [2.45, 2.75) is 13.1 Å². The minimum absolute atomic E-state index is 0.00695. The number of hydrogen-bond donors (Lipinski definition) is 0. The van der Waals surface area contributed by atoms with Crippen LogP contribution in [-0.4, -0.2) is 60.1 Å². The molecule has 0 bridgehead atoms. The second kappa shape index (κ2) is 10.6. The second-order valence-electron chi connectivity index (χ2n) is 8.14. The predicted octanol–water partition coefficient (Wildman–Crippen LogP) is 4.51. The van der Waals surface area contributed by atoms with Crippen LogP contribution in [0.5, 0.6) is 17.2 Å². The fourth-order valence-electron chi connectivity index (χ4n) is 3.78. The summed E-state index contributed by atoms with van der Waals surface area (Å²) in [5.41, 5.74) is -0.662. The number of amides is 2. The number of ether oxygens (including phenoxy) is 2. The number of nitrogens with zero attached hydrogens (tertiary/aromatic N) is 4. The van der Waals surface area contributed by atoms with E-state index in [-0.39, 0.29) is 23.0 Å².